The van der Waals surface area contributed by atoms with Gasteiger partial charge < -0.3 is 26.2 Å². The number of pyridine rings is 2. The number of benzene rings is 1. The van der Waals surface area contributed by atoms with E-state index in [1.165, 1.54) is 18.3 Å². The number of hydrogen-bond donors (Lipinski definition) is 4. The monoisotopic (exact) mass is 505 g/mol. The van der Waals surface area contributed by atoms with Crippen LogP contribution in [-0.4, -0.2) is 43.4 Å². The first kappa shape index (κ1) is 23.7. The number of aliphatic hydroxyl groups excluding tert-OH is 2. The molecule has 0 amide bonds. The Labute approximate surface area is 203 Å². The maximum atomic E-state index is 14.7. The molecule has 184 valence electrons. The van der Waals surface area contributed by atoms with Crippen LogP contribution in [0.3, 0.4) is 0 Å². The molecule has 4 atom stereocenters. The lowest BCUT2D eigenvalue weighted by Crippen LogP contribution is -2.42. The molecule has 5 rings (SSSR count). The fourth-order valence-corrected chi connectivity index (χ4v) is 5.32. The number of rotatable bonds is 5. The van der Waals surface area contributed by atoms with Crippen LogP contribution >= 0.6 is 11.6 Å². The van der Waals surface area contributed by atoms with E-state index in [4.69, 9.17) is 23.1 Å². The van der Waals surface area contributed by atoms with Crippen LogP contribution in [-0.2, 0) is 6.42 Å². The highest BCUT2D eigenvalue weighted by atomic mass is 35.5. The van der Waals surface area contributed by atoms with Gasteiger partial charge in [-0.2, -0.15) is 0 Å². The van der Waals surface area contributed by atoms with Gasteiger partial charge >= 0.3 is 0 Å². The zero-order valence-corrected chi connectivity index (χ0v) is 19.1. The van der Waals surface area contributed by atoms with Crippen LogP contribution in [0.25, 0.3) is 21.9 Å². The summed E-state index contributed by atoms with van der Waals surface area (Å²) in [5.41, 5.74) is 11.3. The normalized spacial score (nSPS) is 24.7. The lowest BCUT2D eigenvalue weighted by molar-refractivity contribution is -0.103. The van der Waals surface area contributed by atoms with E-state index in [9.17, 15) is 23.4 Å². The Hall–Kier alpha value is -3.08. The Morgan fingerprint density at radius 2 is 1.94 bits per heavy atom. The van der Waals surface area contributed by atoms with Crippen molar-refractivity contribution in [2.24, 2.45) is 5.41 Å². The second-order valence-electron chi connectivity index (χ2n) is 9.10. The second kappa shape index (κ2) is 8.54. The molecule has 0 aliphatic heterocycles. The van der Waals surface area contributed by atoms with E-state index in [2.05, 4.69) is 9.97 Å². The van der Waals surface area contributed by atoms with Gasteiger partial charge in [0.05, 0.1) is 28.1 Å². The molecule has 7 nitrogen and oxygen atoms in total. The Bertz CT molecular complexity index is 1430. The summed E-state index contributed by atoms with van der Waals surface area (Å²) in [5.74, 6) is -0.574. The molecule has 1 aliphatic carbocycles. The summed E-state index contributed by atoms with van der Waals surface area (Å²) in [4.78, 5) is 8.36. The van der Waals surface area contributed by atoms with Crippen LogP contribution in [0.2, 0.25) is 5.02 Å². The summed E-state index contributed by atoms with van der Waals surface area (Å²) in [6.07, 6.45) is -3.36. The van der Waals surface area contributed by atoms with Crippen LogP contribution in [0.5, 0.6) is 0 Å². The van der Waals surface area contributed by atoms with E-state index >= 15 is 0 Å². The van der Waals surface area contributed by atoms with Gasteiger partial charge in [-0.1, -0.05) is 11.6 Å². The molecule has 1 aromatic carbocycles. The van der Waals surface area contributed by atoms with Crippen molar-refractivity contribution in [1.82, 2.24) is 14.5 Å². The first-order chi connectivity index (χ1) is 16.6. The fraction of sp³-hybridized carbons (Fsp3) is 0.333. The molecular weight excluding hydrogens is 483 g/mol. The molecule has 3 heterocycles. The number of alkyl halides is 2. The number of aryl methyl sites for hydroxylation is 1. The second-order valence-corrected chi connectivity index (χ2v) is 9.51. The largest absolute Gasteiger partial charge is 0.398 e. The van der Waals surface area contributed by atoms with E-state index in [1.807, 2.05) is 0 Å². The lowest BCUT2D eigenvalue weighted by atomic mass is 9.78. The van der Waals surface area contributed by atoms with Gasteiger partial charge in [0.15, 0.2) is 0 Å². The van der Waals surface area contributed by atoms with E-state index in [1.54, 1.807) is 29.0 Å². The van der Waals surface area contributed by atoms with Crippen molar-refractivity contribution in [3.05, 3.63) is 59.1 Å². The summed E-state index contributed by atoms with van der Waals surface area (Å²) < 4.78 is 45.3. The molecular formula is C24H23ClF3N5O2. The Kier molecular flexibility index (Phi) is 5.77. The first-order valence-electron chi connectivity index (χ1n) is 11.0. The third-order valence-corrected chi connectivity index (χ3v) is 7.44. The third-order valence-electron chi connectivity index (χ3n) is 7.14. The van der Waals surface area contributed by atoms with Crippen molar-refractivity contribution in [3.8, 4) is 0 Å². The highest BCUT2D eigenvalue weighted by Gasteiger charge is 2.58. The van der Waals surface area contributed by atoms with Crippen LogP contribution in [0, 0.1) is 11.2 Å². The zero-order valence-electron chi connectivity index (χ0n) is 18.4. The predicted molar refractivity (Wildman–Crippen MR) is 128 cm³/mol. The van der Waals surface area contributed by atoms with Crippen molar-refractivity contribution in [2.75, 3.05) is 11.5 Å². The maximum absolute atomic E-state index is 14.7. The zero-order chi connectivity index (χ0) is 25.1. The average molecular weight is 506 g/mol. The number of nitrogens with zero attached hydrogens (tertiary/aromatic N) is 3. The summed E-state index contributed by atoms with van der Waals surface area (Å²) >= 11 is 5.93. The molecule has 6 N–H and O–H groups in total. The van der Waals surface area contributed by atoms with Crippen molar-refractivity contribution in [1.29, 1.82) is 0 Å². The lowest BCUT2D eigenvalue weighted by Gasteiger charge is -2.32. The van der Waals surface area contributed by atoms with Crippen LogP contribution in [0.1, 0.15) is 24.4 Å². The predicted octanol–water partition coefficient (Wildman–Crippen LogP) is 4.09. The number of aromatic nitrogens is 3. The summed E-state index contributed by atoms with van der Waals surface area (Å²) in [5, 5.41) is 22.6. The van der Waals surface area contributed by atoms with Crippen LogP contribution in [0.15, 0.2) is 42.7 Å². The minimum atomic E-state index is -2.94. The molecule has 0 spiro atoms. The Morgan fingerprint density at radius 1 is 1.17 bits per heavy atom. The number of aliphatic hydroxyl groups is 2. The van der Waals surface area contributed by atoms with Gasteiger partial charge in [-0.15, -0.1) is 0 Å². The number of halogens is 4. The molecule has 3 aromatic heterocycles. The number of nitrogen functional groups attached to an aromatic ring is 2. The summed E-state index contributed by atoms with van der Waals surface area (Å²) in [6.45, 7) is 0. The first-order valence-corrected chi connectivity index (χ1v) is 11.4. The van der Waals surface area contributed by atoms with E-state index in [0.717, 1.165) is 0 Å². The summed E-state index contributed by atoms with van der Waals surface area (Å²) in [7, 11) is 0. The Balaban J connectivity index is 1.47. The standard InChI is InChI=1S/C24H23ClF3N5O2/c25-14-9-13-15(26)7-11(8-17(13)32-21(14)30)1-4-24(23(27)28)10-18(19(34)20(24)35)33-6-3-12-16(29)2-5-31-22(12)33/h2-3,5-9,18-20,23,34-35H,1,4,10H2,(H2,29,31)(H2,30,32)/t18-,19+,20+,24-/m1/s1. The molecule has 1 aliphatic rings. The summed E-state index contributed by atoms with van der Waals surface area (Å²) in [6, 6.07) is 6.63. The minimum absolute atomic E-state index is 0.0233. The number of anilines is 2. The maximum Gasteiger partial charge on any atom is 0.246 e. The van der Waals surface area contributed by atoms with Crippen molar-refractivity contribution >= 4 is 45.0 Å². The van der Waals surface area contributed by atoms with Gasteiger partial charge in [0.1, 0.15) is 23.4 Å². The quantitative estimate of drug-likeness (QED) is 0.324. The van der Waals surface area contributed by atoms with Gasteiger partial charge in [-0.3, -0.25) is 0 Å². The molecule has 0 unspecified atom stereocenters. The minimum Gasteiger partial charge on any atom is -0.398 e. The molecule has 1 saturated carbocycles. The van der Waals surface area contributed by atoms with Gasteiger partial charge in [-0.25, -0.2) is 23.1 Å². The van der Waals surface area contributed by atoms with Gasteiger partial charge in [0.2, 0.25) is 6.43 Å². The Morgan fingerprint density at radius 3 is 2.69 bits per heavy atom. The number of hydrogen-bond acceptors (Lipinski definition) is 6. The SMILES string of the molecule is Nc1nc2cc(CC[C@@]3(C(F)F)C[C@@H](n4ccc5c(N)ccnc54)[C@H](O)[C@@H]3O)cc(F)c2cc1Cl. The van der Waals surface area contributed by atoms with Crippen LogP contribution < -0.4 is 11.5 Å². The van der Waals surface area contributed by atoms with Gasteiger partial charge in [0.25, 0.3) is 0 Å². The molecule has 0 radical (unpaired) electrons. The molecule has 11 heteroatoms. The fourth-order valence-electron chi connectivity index (χ4n) is 5.17. The number of nitrogens with two attached hydrogens (primary N) is 2. The van der Waals surface area contributed by atoms with E-state index in [-0.39, 0.29) is 41.0 Å². The number of fused-ring (bicyclic) bond motifs is 2. The molecule has 4 aromatic rings. The smallest absolute Gasteiger partial charge is 0.246 e. The highest BCUT2D eigenvalue weighted by Crippen LogP contribution is 2.52. The van der Waals surface area contributed by atoms with Crippen LogP contribution in [0.4, 0.5) is 24.7 Å². The topological polar surface area (TPSA) is 123 Å². The van der Waals surface area contributed by atoms with Gasteiger partial charge in [-0.05, 0) is 55.2 Å². The van der Waals surface area contributed by atoms with Crippen molar-refractivity contribution in [3.63, 3.8) is 0 Å². The molecule has 35 heavy (non-hydrogen) atoms. The van der Waals surface area contributed by atoms with Crippen molar-refractivity contribution in [2.45, 2.75) is 43.9 Å². The average Bonchev–Trinajstić information content (AvgIpc) is 3.35. The molecule has 0 bridgehead atoms. The molecule has 0 saturated heterocycles. The van der Waals surface area contributed by atoms with E-state index in [0.29, 0.717) is 22.3 Å². The van der Waals surface area contributed by atoms with Gasteiger partial charge in [0, 0.05) is 28.9 Å². The highest BCUT2D eigenvalue weighted by molar-refractivity contribution is 6.33. The third kappa shape index (κ3) is 3.76. The van der Waals surface area contributed by atoms with Crippen molar-refractivity contribution < 1.29 is 23.4 Å². The molecule has 1 fully saturated rings. The van der Waals surface area contributed by atoms with E-state index < -0.39 is 35.9 Å².